The molecule has 1 aliphatic carbocycles. The Hall–Kier alpha value is -2.63. The molecular weight excluding hydrogens is 435 g/mol. The Bertz CT molecular complexity index is 1030. The van der Waals surface area contributed by atoms with Crippen LogP contribution in [-0.2, 0) is 6.42 Å². The van der Waals surface area contributed by atoms with Crippen LogP contribution in [-0.4, -0.2) is 24.1 Å². The molecule has 0 atom stereocenters. The van der Waals surface area contributed by atoms with Crippen molar-refractivity contribution in [3.05, 3.63) is 65.2 Å². The lowest BCUT2D eigenvalue weighted by molar-refractivity contribution is 0.308. The maximum absolute atomic E-state index is 12.8. The number of fused-ring (bicyclic) bond motifs is 1. The first kappa shape index (κ1) is 27.6. The van der Waals surface area contributed by atoms with Crippen molar-refractivity contribution in [2.75, 3.05) is 19.0 Å². The lowest BCUT2D eigenvalue weighted by Gasteiger charge is -2.22. The van der Waals surface area contributed by atoms with Gasteiger partial charge in [-0.2, -0.15) is 0 Å². The monoisotopic (exact) mass is 473 g/mol. The van der Waals surface area contributed by atoms with E-state index < -0.39 is 17.5 Å². The van der Waals surface area contributed by atoms with Crippen LogP contribution in [0.4, 0.5) is 19.0 Å². The summed E-state index contributed by atoms with van der Waals surface area (Å²) in [6.45, 7) is 8.50. The molecule has 0 aliphatic heterocycles. The largest absolute Gasteiger partial charge is 0.362 e. The highest BCUT2D eigenvalue weighted by molar-refractivity contribution is 5.89. The zero-order chi connectivity index (χ0) is 25.3. The average Bonchev–Trinajstić information content (AvgIpc) is 2.81. The molecule has 2 aromatic carbocycles. The van der Waals surface area contributed by atoms with Crippen molar-refractivity contribution in [3.63, 3.8) is 0 Å². The molecule has 0 N–H and O–H groups in total. The minimum atomic E-state index is -1.37. The number of aromatic nitrogens is 2. The molecule has 0 amide bonds. The average molecular weight is 474 g/mol. The third-order valence-electron chi connectivity index (χ3n) is 6.06. The summed E-state index contributed by atoms with van der Waals surface area (Å²) < 4.78 is 37.8. The van der Waals surface area contributed by atoms with Gasteiger partial charge in [-0.05, 0) is 48.9 Å². The predicted octanol–water partition coefficient (Wildman–Crippen LogP) is 7.89. The summed E-state index contributed by atoms with van der Waals surface area (Å²) in [5.74, 6) is 0.267. The van der Waals surface area contributed by atoms with E-state index in [-0.39, 0.29) is 5.56 Å². The molecule has 1 heterocycles. The van der Waals surface area contributed by atoms with Crippen molar-refractivity contribution >= 4 is 16.7 Å². The molecule has 0 bridgehead atoms. The first-order chi connectivity index (χ1) is 16.1. The Morgan fingerprint density at radius 3 is 2.00 bits per heavy atom. The van der Waals surface area contributed by atoms with Crippen molar-refractivity contribution in [3.8, 4) is 0 Å². The van der Waals surface area contributed by atoms with E-state index >= 15 is 0 Å². The molecule has 1 aromatic heterocycles. The maximum atomic E-state index is 12.8. The van der Waals surface area contributed by atoms with Crippen LogP contribution < -0.4 is 4.90 Å². The van der Waals surface area contributed by atoms with Gasteiger partial charge in [0, 0.05) is 19.5 Å². The SMILES string of the molecule is CC1CCC(C)CC1.CCCc1ccc(F)c(F)c1F.Cc1nc(N(C)C)c2ccccc2n1. The zero-order valence-corrected chi connectivity index (χ0v) is 21.3. The minimum Gasteiger partial charge on any atom is -0.362 e. The summed E-state index contributed by atoms with van der Waals surface area (Å²) in [7, 11) is 3.99. The Morgan fingerprint density at radius 1 is 0.853 bits per heavy atom. The molecule has 1 aliphatic rings. The lowest BCUT2D eigenvalue weighted by atomic mass is 9.84. The first-order valence-corrected chi connectivity index (χ1v) is 12.2. The highest BCUT2D eigenvalue weighted by atomic mass is 19.2. The van der Waals surface area contributed by atoms with Gasteiger partial charge in [-0.3, -0.25) is 0 Å². The number of hydrogen-bond donors (Lipinski definition) is 0. The van der Waals surface area contributed by atoms with E-state index in [1.54, 1.807) is 0 Å². The quantitative estimate of drug-likeness (QED) is 0.362. The molecule has 3 nitrogen and oxygen atoms in total. The van der Waals surface area contributed by atoms with Gasteiger partial charge in [0.1, 0.15) is 11.6 Å². The van der Waals surface area contributed by atoms with E-state index in [0.29, 0.717) is 12.8 Å². The van der Waals surface area contributed by atoms with Crippen LogP contribution in [0.5, 0.6) is 0 Å². The predicted molar refractivity (Wildman–Crippen MR) is 136 cm³/mol. The minimum absolute atomic E-state index is 0.233. The molecule has 34 heavy (non-hydrogen) atoms. The Morgan fingerprint density at radius 2 is 1.44 bits per heavy atom. The fourth-order valence-corrected chi connectivity index (χ4v) is 3.97. The third-order valence-corrected chi connectivity index (χ3v) is 6.06. The van der Waals surface area contributed by atoms with Gasteiger partial charge in [-0.15, -0.1) is 0 Å². The van der Waals surface area contributed by atoms with E-state index in [1.807, 2.05) is 57.1 Å². The van der Waals surface area contributed by atoms with Gasteiger partial charge in [0.15, 0.2) is 17.5 Å². The second-order valence-corrected chi connectivity index (χ2v) is 9.46. The summed E-state index contributed by atoms with van der Waals surface area (Å²) in [5, 5.41) is 1.10. The Balaban J connectivity index is 0.000000187. The van der Waals surface area contributed by atoms with Crippen LogP contribution in [0, 0.1) is 36.2 Å². The summed E-state index contributed by atoms with van der Waals surface area (Å²) in [4.78, 5) is 10.8. The molecule has 1 fully saturated rings. The second-order valence-electron chi connectivity index (χ2n) is 9.46. The molecule has 6 heteroatoms. The first-order valence-electron chi connectivity index (χ1n) is 12.2. The van der Waals surface area contributed by atoms with E-state index in [9.17, 15) is 13.2 Å². The number of rotatable bonds is 3. The number of anilines is 1. The van der Waals surface area contributed by atoms with Gasteiger partial charge < -0.3 is 4.90 Å². The van der Waals surface area contributed by atoms with Crippen LogP contribution in [0.3, 0.4) is 0 Å². The van der Waals surface area contributed by atoms with E-state index in [4.69, 9.17) is 0 Å². The van der Waals surface area contributed by atoms with Gasteiger partial charge in [0.2, 0.25) is 0 Å². The number of aryl methyl sites for hydroxylation is 2. The number of benzene rings is 2. The smallest absolute Gasteiger partial charge is 0.194 e. The second kappa shape index (κ2) is 13.3. The maximum Gasteiger partial charge on any atom is 0.194 e. The molecule has 0 saturated heterocycles. The molecule has 186 valence electrons. The molecule has 0 unspecified atom stereocenters. The molecular formula is C28H38F3N3. The number of nitrogens with zero attached hydrogens (tertiary/aromatic N) is 3. The van der Waals surface area contributed by atoms with Crippen LogP contribution in [0.2, 0.25) is 0 Å². The molecule has 4 rings (SSSR count). The van der Waals surface area contributed by atoms with Gasteiger partial charge in [-0.25, -0.2) is 23.1 Å². The van der Waals surface area contributed by atoms with Gasteiger partial charge in [0.05, 0.1) is 5.52 Å². The van der Waals surface area contributed by atoms with Gasteiger partial charge in [-0.1, -0.05) is 71.1 Å². The van der Waals surface area contributed by atoms with E-state index in [0.717, 1.165) is 40.4 Å². The third kappa shape index (κ3) is 8.00. The highest BCUT2D eigenvalue weighted by Gasteiger charge is 2.13. The molecule has 3 aromatic rings. The van der Waals surface area contributed by atoms with Crippen LogP contribution in [0.25, 0.3) is 10.9 Å². The summed E-state index contributed by atoms with van der Waals surface area (Å²) >= 11 is 0. The fraction of sp³-hybridized carbons (Fsp3) is 0.500. The van der Waals surface area contributed by atoms with E-state index in [2.05, 4.69) is 23.8 Å². The summed E-state index contributed by atoms with van der Waals surface area (Å²) in [6.07, 6.45) is 7.04. The van der Waals surface area contributed by atoms with Crippen molar-refractivity contribution in [2.24, 2.45) is 11.8 Å². The van der Waals surface area contributed by atoms with Gasteiger partial charge in [0.25, 0.3) is 0 Å². The fourth-order valence-electron chi connectivity index (χ4n) is 3.97. The number of para-hydroxylation sites is 1. The van der Waals surface area contributed by atoms with Crippen LogP contribution >= 0.6 is 0 Å². The van der Waals surface area contributed by atoms with Crippen molar-refractivity contribution in [1.29, 1.82) is 0 Å². The van der Waals surface area contributed by atoms with Crippen LogP contribution in [0.15, 0.2) is 36.4 Å². The summed E-state index contributed by atoms with van der Waals surface area (Å²) in [6, 6.07) is 10.3. The van der Waals surface area contributed by atoms with E-state index in [1.165, 1.54) is 31.7 Å². The zero-order valence-electron chi connectivity index (χ0n) is 21.3. The Kier molecular flexibility index (Phi) is 10.8. The number of hydrogen-bond acceptors (Lipinski definition) is 3. The highest BCUT2D eigenvalue weighted by Crippen LogP contribution is 2.27. The van der Waals surface area contributed by atoms with Gasteiger partial charge >= 0.3 is 0 Å². The lowest BCUT2D eigenvalue weighted by Crippen LogP contribution is -2.12. The topological polar surface area (TPSA) is 29.0 Å². The van der Waals surface area contributed by atoms with Crippen molar-refractivity contribution in [2.45, 2.75) is 66.2 Å². The van der Waals surface area contributed by atoms with Crippen molar-refractivity contribution < 1.29 is 13.2 Å². The molecule has 0 spiro atoms. The summed E-state index contributed by atoms with van der Waals surface area (Å²) in [5.41, 5.74) is 1.24. The number of halogens is 3. The normalized spacial score (nSPS) is 17.3. The van der Waals surface area contributed by atoms with Crippen molar-refractivity contribution in [1.82, 2.24) is 9.97 Å². The Labute approximate surface area is 202 Å². The molecule has 0 radical (unpaired) electrons. The molecule has 1 saturated carbocycles. The standard InChI is InChI=1S/C11H13N3.C9H9F3.C8H16/c1-8-12-10-7-5-4-6-9(10)11(13-8)14(2)3;1-2-3-6-4-5-7(10)9(12)8(6)11;1-7-3-5-8(2)6-4-7/h4-7H,1-3H3;4-5H,2-3H2,1H3;7-8H,3-6H2,1-2H3. The van der Waals surface area contributed by atoms with Crippen LogP contribution in [0.1, 0.15) is 64.3 Å².